The van der Waals surface area contributed by atoms with Crippen molar-refractivity contribution in [2.45, 2.75) is 20.4 Å². The average Bonchev–Trinajstić information content (AvgIpc) is 2.79. The van der Waals surface area contributed by atoms with Gasteiger partial charge in [-0.2, -0.15) is 0 Å². The van der Waals surface area contributed by atoms with Gasteiger partial charge in [0, 0.05) is 29.4 Å². The largest absolute Gasteiger partial charge is 0.348 e. The standard InChI is InChI=1S/C26H24N4O/c1-18-10-12-20(13-11-18)24-15-25(29-17-28-24)30-23-9-5-8-21(14-23)26(31)27-16-22-7-4-3-6-19(22)2/h3-15,17H,16H2,1-2H3,(H,27,31)(H,28,29,30). The summed E-state index contributed by atoms with van der Waals surface area (Å²) in [6, 6.07) is 25.5. The van der Waals surface area contributed by atoms with Crippen LogP contribution < -0.4 is 10.6 Å². The van der Waals surface area contributed by atoms with Crippen molar-refractivity contribution in [3.8, 4) is 11.3 Å². The molecule has 0 radical (unpaired) electrons. The molecule has 5 heteroatoms. The molecule has 1 heterocycles. The zero-order valence-electron chi connectivity index (χ0n) is 17.6. The van der Waals surface area contributed by atoms with Gasteiger partial charge in [0.05, 0.1) is 5.69 Å². The monoisotopic (exact) mass is 408 g/mol. The molecule has 0 aliphatic rings. The zero-order valence-corrected chi connectivity index (χ0v) is 17.6. The summed E-state index contributed by atoms with van der Waals surface area (Å²) >= 11 is 0. The fourth-order valence-electron chi connectivity index (χ4n) is 3.28. The molecule has 3 aromatic carbocycles. The number of rotatable bonds is 6. The van der Waals surface area contributed by atoms with Crippen molar-refractivity contribution >= 4 is 17.4 Å². The lowest BCUT2D eigenvalue weighted by molar-refractivity contribution is 0.0951. The lowest BCUT2D eigenvalue weighted by Crippen LogP contribution is -2.23. The van der Waals surface area contributed by atoms with Crippen molar-refractivity contribution in [1.82, 2.24) is 15.3 Å². The first-order valence-corrected chi connectivity index (χ1v) is 10.2. The maximum Gasteiger partial charge on any atom is 0.251 e. The summed E-state index contributed by atoms with van der Waals surface area (Å²) in [6.07, 6.45) is 1.54. The molecule has 154 valence electrons. The number of aromatic nitrogens is 2. The van der Waals surface area contributed by atoms with Crippen LogP contribution in [0.15, 0.2) is 85.2 Å². The minimum atomic E-state index is -0.116. The van der Waals surface area contributed by atoms with E-state index < -0.39 is 0 Å². The molecule has 0 spiro atoms. The first-order chi connectivity index (χ1) is 15.1. The van der Waals surface area contributed by atoms with Gasteiger partial charge in [0.2, 0.25) is 0 Å². The van der Waals surface area contributed by atoms with Gasteiger partial charge in [-0.15, -0.1) is 0 Å². The third-order valence-corrected chi connectivity index (χ3v) is 5.11. The van der Waals surface area contributed by atoms with Crippen LogP contribution in [-0.4, -0.2) is 15.9 Å². The summed E-state index contributed by atoms with van der Waals surface area (Å²) in [7, 11) is 0. The average molecular weight is 409 g/mol. The van der Waals surface area contributed by atoms with Gasteiger partial charge in [-0.25, -0.2) is 9.97 Å². The van der Waals surface area contributed by atoms with Crippen molar-refractivity contribution in [2.24, 2.45) is 0 Å². The number of hydrogen-bond donors (Lipinski definition) is 2. The highest BCUT2D eigenvalue weighted by molar-refractivity contribution is 5.95. The molecule has 0 bridgehead atoms. The molecule has 1 amide bonds. The highest BCUT2D eigenvalue weighted by Gasteiger charge is 2.08. The van der Waals surface area contributed by atoms with E-state index in [0.29, 0.717) is 17.9 Å². The number of anilines is 2. The Kier molecular flexibility index (Phi) is 6.03. The lowest BCUT2D eigenvalue weighted by Gasteiger charge is -2.10. The van der Waals surface area contributed by atoms with E-state index in [4.69, 9.17) is 0 Å². The number of aryl methyl sites for hydroxylation is 2. The van der Waals surface area contributed by atoms with Crippen molar-refractivity contribution in [3.05, 3.63) is 107 Å². The van der Waals surface area contributed by atoms with Gasteiger partial charge >= 0.3 is 0 Å². The van der Waals surface area contributed by atoms with Crippen molar-refractivity contribution in [2.75, 3.05) is 5.32 Å². The minimum Gasteiger partial charge on any atom is -0.348 e. The smallest absolute Gasteiger partial charge is 0.251 e. The van der Waals surface area contributed by atoms with E-state index in [1.54, 1.807) is 6.07 Å². The fraction of sp³-hybridized carbons (Fsp3) is 0.115. The Morgan fingerprint density at radius 2 is 1.68 bits per heavy atom. The van der Waals surface area contributed by atoms with Gasteiger partial charge in [0.1, 0.15) is 12.1 Å². The lowest BCUT2D eigenvalue weighted by atomic mass is 10.1. The molecule has 4 rings (SSSR count). The summed E-state index contributed by atoms with van der Waals surface area (Å²) in [5, 5.41) is 6.26. The molecule has 0 aliphatic heterocycles. The van der Waals surface area contributed by atoms with E-state index in [2.05, 4.69) is 39.7 Å². The Balaban J connectivity index is 1.46. The van der Waals surface area contributed by atoms with Crippen molar-refractivity contribution in [1.29, 1.82) is 0 Å². The number of benzene rings is 3. The van der Waals surface area contributed by atoms with Gasteiger partial charge in [-0.05, 0) is 43.2 Å². The van der Waals surface area contributed by atoms with Crippen LogP contribution in [0, 0.1) is 13.8 Å². The maximum atomic E-state index is 12.6. The zero-order chi connectivity index (χ0) is 21.6. The number of carbonyl (C=O) groups is 1. The first-order valence-electron chi connectivity index (χ1n) is 10.2. The molecule has 0 fully saturated rings. The Labute approximate surface area is 182 Å². The van der Waals surface area contributed by atoms with Crippen LogP contribution >= 0.6 is 0 Å². The highest BCUT2D eigenvalue weighted by atomic mass is 16.1. The molecular formula is C26H24N4O. The van der Waals surface area contributed by atoms with Crippen LogP contribution in [0.25, 0.3) is 11.3 Å². The van der Waals surface area contributed by atoms with Gasteiger partial charge < -0.3 is 10.6 Å². The molecule has 0 atom stereocenters. The second-order valence-electron chi connectivity index (χ2n) is 7.47. The molecule has 5 nitrogen and oxygen atoms in total. The quantitative estimate of drug-likeness (QED) is 0.446. The van der Waals surface area contributed by atoms with Crippen LogP contribution in [-0.2, 0) is 6.54 Å². The topological polar surface area (TPSA) is 66.9 Å². The molecule has 1 aromatic heterocycles. The molecule has 0 saturated heterocycles. The van der Waals surface area contributed by atoms with Crippen LogP contribution in [0.3, 0.4) is 0 Å². The predicted octanol–water partition coefficient (Wildman–Crippen LogP) is 5.43. The Bertz CT molecular complexity index is 1200. The highest BCUT2D eigenvalue weighted by Crippen LogP contribution is 2.22. The van der Waals surface area contributed by atoms with E-state index in [9.17, 15) is 4.79 Å². The van der Waals surface area contributed by atoms with Gasteiger partial charge in [-0.3, -0.25) is 4.79 Å². The summed E-state index contributed by atoms with van der Waals surface area (Å²) in [5.74, 6) is 0.554. The molecular weight excluding hydrogens is 384 g/mol. The summed E-state index contributed by atoms with van der Waals surface area (Å²) in [4.78, 5) is 21.3. The molecule has 0 saturated carbocycles. The Morgan fingerprint density at radius 3 is 2.48 bits per heavy atom. The van der Waals surface area contributed by atoms with Crippen molar-refractivity contribution in [3.63, 3.8) is 0 Å². The van der Waals surface area contributed by atoms with Crippen LogP contribution in [0.2, 0.25) is 0 Å². The number of hydrogen-bond acceptors (Lipinski definition) is 4. The van der Waals surface area contributed by atoms with Crippen LogP contribution in [0.5, 0.6) is 0 Å². The first kappa shape index (κ1) is 20.3. The van der Waals surface area contributed by atoms with E-state index in [-0.39, 0.29) is 5.91 Å². The van der Waals surface area contributed by atoms with E-state index in [0.717, 1.165) is 28.1 Å². The third-order valence-electron chi connectivity index (χ3n) is 5.11. The van der Waals surface area contributed by atoms with Crippen LogP contribution in [0.4, 0.5) is 11.5 Å². The molecule has 2 N–H and O–H groups in total. The second kappa shape index (κ2) is 9.22. The Morgan fingerprint density at radius 1 is 0.871 bits per heavy atom. The second-order valence-corrected chi connectivity index (χ2v) is 7.47. The molecule has 0 aliphatic carbocycles. The van der Waals surface area contributed by atoms with E-state index in [1.807, 2.05) is 67.6 Å². The number of amides is 1. The fourth-order valence-corrected chi connectivity index (χ4v) is 3.28. The van der Waals surface area contributed by atoms with Crippen molar-refractivity contribution < 1.29 is 4.79 Å². The molecule has 0 unspecified atom stereocenters. The third kappa shape index (κ3) is 5.14. The van der Waals surface area contributed by atoms with E-state index in [1.165, 1.54) is 11.9 Å². The van der Waals surface area contributed by atoms with Crippen LogP contribution in [0.1, 0.15) is 27.0 Å². The predicted molar refractivity (Wildman–Crippen MR) is 124 cm³/mol. The number of nitrogens with zero attached hydrogens (tertiary/aromatic N) is 2. The Hall–Kier alpha value is -3.99. The van der Waals surface area contributed by atoms with Gasteiger partial charge in [0.15, 0.2) is 0 Å². The normalized spacial score (nSPS) is 10.5. The molecule has 31 heavy (non-hydrogen) atoms. The van der Waals surface area contributed by atoms with Gasteiger partial charge in [-0.1, -0.05) is 60.2 Å². The maximum absolute atomic E-state index is 12.6. The molecule has 4 aromatic rings. The SMILES string of the molecule is Cc1ccc(-c2cc(Nc3cccc(C(=O)NCc4ccccc4C)c3)ncn2)cc1. The minimum absolute atomic E-state index is 0.116. The summed E-state index contributed by atoms with van der Waals surface area (Å²) in [6.45, 7) is 4.59. The number of carbonyl (C=O) groups excluding carboxylic acids is 1. The summed E-state index contributed by atoms with van der Waals surface area (Å²) < 4.78 is 0. The van der Waals surface area contributed by atoms with E-state index >= 15 is 0 Å². The number of nitrogens with one attached hydrogen (secondary N) is 2. The van der Waals surface area contributed by atoms with Gasteiger partial charge in [0.25, 0.3) is 5.91 Å². The summed E-state index contributed by atoms with van der Waals surface area (Å²) in [5.41, 5.74) is 6.71.